The van der Waals surface area contributed by atoms with Gasteiger partial charge in [-0.05, 0) is 6.42 Å². The maximum atomic E-state index is 12.6. The Morgan fingerprint density at radius 3 is 2.08 bits per heavy atom. The number of nitrogens with two attached hydrogens (primary N) is 1. The van der Waals surface area contributed by atoms with Crippen molar-refractivity contribution in [2.24, 2.45) is 5.73 Å². The van der Waals surface area contributed by atoms with Gasteiger partial charge in [0.15, 0.2) is 12.3 Å². The summed E-state index contributed by atoms with van der Waals surface area (Å²) in [6.45, 7) is 2.22. The number of nitrogens with zero attached hydrogens (tertiary/aromatic N) is 1. The van der Waals surface area contributed by atoms with E-state index in [4.69, 9.17) is 10.5 Å². The summed E-state index contributed by atoms with van der Waals surface area (Å²) in [5.74, 6) is -2.21. The predicted octanol–water partition coefficient (Wildman–Crippen LogP) is 1.14. The van der Waals surface area contributed by atoms with Crippen molar-refractivity contribution < 1.29 is 29.6 Å². The molecule has 1 amide bonds. The van der Waals surface area contributed by atoms with Crippen molar-refractivity contribution in [3.8, 4) is 0 Å². The van der Waals surface area contributed by atoms with E-state index in [1.54, 1.807) is 0 Å². The van der Waals surface area contributed by atoms with E-state index in [0.717, 1.165) is 42.5 Å². The molecule has 1 aliphatic rings. The van der Waals surface area contributed by atoms with Gasteiger partial charge in [-0.15, -0.1) is 0 Å². The third kappa shape index (κ3) is 9.64. The molecule has 1 aliphatic heterocycles. The summed E-state index contributed by atoms with van der Waals surface area (Å²) in [6, 6.07) is -1.65. The van der Waals surface area contributed by atoms with Crippen molar-refractivity contribution in [2.45, 2.75) is 127 Å². The number of aliphatic hydroxyl groups excluding tert-OH is 2. The Balaban J connectivity index is 1.76. The highest BCUT2D eigenvalue weighted by Crippen LogP contribution is 2.30. The molecule has 1 aromatic rings. The Kier molecular flexibility index (Phi) is 13.7. The Hall–Kier alpha value is -2.54. The van der Waals surface area contributed by atoms with Gasteiger partial charge in [0.05, 0.1) is 6.04 Å². The highest BCUT2D eigenvalue weighted by Gasteiger charge is 2.50. The maximum absolute atomic E-state index is 12.6. The zero-order valence-electron chi connectivity index (χ0n) is 22.2. The number of hydrogen-bond donors (Lipinski definition) is 6. The molecule has 1 aromatic heterocycles. The molecule has 12 heteroatoms. The van der Waals surface area contributed by atoms with E-state index in [9.17, 15) is 34.5 Å². The van der Waals surface area contributed by atoms with Gasteiger partial charge in [-0.1, -0.05) is 84.0 Å². The average Bonchev–Trinajstić information content (AvgIpc) is 3.16. The Bertz CT molecular complexity index is 980. The maximum Gasteiger partial charge on any atom is 0.330 e. The van der Waals surface area contributed by atoms with Crippen molar-refractivity contribution in [3.63, 3.8) is 0 Å². The highest BCUT2D eigenvalue weighted by atomic mass is 16.6. The number of aliphatic carboxylic acids is 1. The minimum absolute atomic E-state index is 0.377. The van der Waals surface area contributed by atoms with Crippen LogP contribution in [0.4, 0.5) is 0 Å². The van der Waals surface area contributed by atoms with Gasteiger partial charge < -0.3 is 31.1 Å². The summed E-state index contributed by atoms with van der Waals surface area (Å²) in [5.41, 5.74) is 4.39. The molecule has 2 rings (SSSR count). The number of carbonyl (C=O) groups is 2. The lowest BCUT2D eigenvalue weighted by atomic mass is 10.0. The summed E-state index contributed by atoms with van der Waals surface area (Å²) in [4.78, 5) is 49.8. The predicted molar refractivity (Wildman–Crippen MR) is 140 cm³/mol. The van der Waals surface area contributed by atoms with Crippen LogP contribution in [-0.2, 0) is 14.3 Å². The molecule has 0 aromatic carbocycles. The molecule has 1 unspecified atom stereocenters. The van der Waals surface area contributed by atoms with Crippen LogP contribution >= 0.6 is 0 Å². The van der Waals surface area contributed by atoms with E-state index in [0.29, 0.717) is 6.42 Å². The smallest absolute Gasteiger partial charge is 0.330 e. The molecule has 1 saturated heterocycles. The van der Waals surface area contributed by atoms with E-state index in [1.165, 1.54) is 51.4 Å². The summed E-state index contributed by atoms with van der Waals surface area (Å²) in [6.07, 6.45) is 9.07. The Labute approximate surface area is 222 Å². The average molecular weight is 541 g/mol. The summed E-state index contributed by atoms with van der Waals surface area (Å²) in [5, 5.41) is 32.7. The number of carboxylic acid groups (broad SMARTS) is 1. The van der Waals surface area contributed by atoms with Crippen LogP contribution in [0, 0.1) is 0 Å². The largest absolute Gasteiger partial charge is 0.480 e. The van der Waals surface area contributed by atoms with E-state index in [1.807, 2.05) is 4.98 Å². The van der Waals surface area contributed by atoms with Crippen LogP contribution in [0.3, 0.4) is 0 Å². The first-order valence-corrected chi connectivity index (χ1v) is 13.8. The van der Waals surface area contributed by atoms with Gasteiger partial charge in [0, 0.05) is 12.3 Å². The molecule has 0 radical (unpaired) electrons. The van der Waals surface area contributed by atoms with Crippen molar-refractivity contribution in [3.05, 3.63) is 33.1 Å². The molecule has 7 N–H and O–H groups in total. The molecule has 38 heavy (non-hydrogen) atoms. The van der Waals surface area contributed by atoms with Crippen LogP contribution in [-0.4, -0.2) is 67.1 Å². The third-order valence-electron chi connectivity index (χ3n) is 7.00. The van der Waals surface area contributed by atoms with Crippen molar-refractivity contribution in [1.82, 2.24) is 14.9 Å². The van der Waals surface area contributed by atoms with E-state index >= 15 is 0 Å². The highest BCUT2D eigenvalue weighted by molar-refractivity contribution is 5.87. The van der Waals surface area contributed by atoms with Crippen molar-refractivity contribution >= 4 is 11.9 Å². The molecule has 1 fully saturated rings. The fraction of sp³-hybridized carbons (Fsp3) is 0.769. The molecule has 0 aliphatic carbocycles. The monoisotopic (exact) mass is 540 g/mol. The van der Waals surface area contributed by atoms with Gasteiger partial charge in [0.2, 0.25) is 5.91 Å². The molecule has 0 spiro atoms. The Morgan fingerprint density at radius 2 is 1.55 bits per heavy atom. The molecule has 6 atom stereocenters. The number of H-pyrrole nitrogens is 1. The van der Waals surface area contributed by atoms with Gasteiger partial charge in [0.1, 0.15) is 18.3 Å². The number of rotatable bonds is 18. The third-order valence-corrected chi connectivity index (χ3v) is 7.00. The molecule has 12 nitrogen and oxygen atoms in total. The second kappa shape index (κ2) is 16.4. The van der Waals surface area contributed by atoms with E-state index in [2.05, 4.69) is 12.2 Å². The molecular weight excluding hydrogens is 496 g/mol. The van der Waals surface area contributed by atoms with Gasteiger partial charge in [-0.25, -0.2) is 9.59 Å². The van der Waals surface area contributed by atoms with Crippen LogP contribution in [0.15, 0.2) is 21.9 Å². The molecule has 0 saturated carbocycles. The first-order valence-electron chi connectivity index (χ1n) is 13.8. The first-order chi connectivity index (χ1) is 18.2. The number of carbonyl (C=O) groups excluding carboxylic acids is 1. The summed E-state index contributed by atoms with van der Waals surface area (Å²) < 4.78 is 6.31. The first kappa shape index (κ1) is 31.7. The molecule has 216 valence electrons. The number of aliphatic hydroxyl groups is 2. The standard InChI is InChI=1S/C26H44N4O8/c1-2-3-4-5-6-7-8-9-10-11-12-13-14-17(27)23(34)29-19(25(35)36)22-20(32)21(33)24(38-22)30-16-15-18(31)28-26(30)37/h15-17,19-22,24,32-33H,2-14,27H2,1H3,(H,29,34)(H,35,36)(H,28,31,37)/t17-,19-,20-,21+,22?,24+/m0/s1. The fourth-order valence-corrected chi connectivity index (χ4v) is 4.70. The zero-order chi connectivity index (χ0) is 28.1. The second-order valence-corrected chi connectivity index (χ2v) is 10.1. The number of ether oxygens (including phenoxy) is 1. The number of unbranched alkanes of at least 4 members (excludes halogenated alkanes) is 11. The van der Waals surface area contributed by atoms with Gasteiger partial charge >= 0.3 is 11.7 Å². The topological polar surface area (TPSA) is 197 Å². The van der Waals surface area contributed by atoms with E-state index < -0.39 is 59.7 Å². The van der Waals surface area contributed by atoms with Gasteiger partial charge in [-0.2, -0.15) is 0 Å². The van der Waals surface area contributed by atoms with E-state index in [-0.39, 0.29) is 0 Å². The van der Waals surface area contributed by atoms with Crippen LogP contribution in [0.5, 0.6) is 0 Å². The number of hydrogen-bond acceptors (Lipinski definition) is 8. The normalized spacial score (nSPS) is 22.7. The zero-order valence-corrected chi connectivity index (χ0v) is 22.2. The lowest BCUT2D eigenvalue weighted by Crippen LogP contribution is -2.56. The SMILES string of the molecule is CCCCCCCCCCCCCC[C@H](N)C(=O)N[C@H](C(=O)O)C1O[C@@H](n2ccc(=O)[nH]c2=O)[C@H](O)[C@@H]1O. The van der Waals surface area contributed by atoms with Crippen LogP contribution in [0.1, 0.15) is 96.6 Å². The minimum atomic E-state index is -1.73. The number of carboxylic acids is 1. The second-order valence-electron chi connectivity index (χ2n) is 10.1. The number of amides is 1. The summed E-state index contributed by atoms with van der Waals surface area (Å²) >= 11 is 0. The van der Waals surface area contributed by atoms with Crippen LogP contribution in [0.2, 0.25) is 0 Å². The quantitative estimate of drug-likeness (QED) is 0.148. The summed E-state index contributed by atoms with van der Waals surface area (Å²) in [7, 11) is 0. The molecule has 0 bridgehead atoms. The number of aromatic nitrogens is 2. The minimum Gasteiger partial charge on any atom is -0.480 e. The lowest BCUT2D eigenvalue weighted by Gasteiger charge is -2.24. The van der Waals surface area contributed by atoms with Crippen molar-refractivity contribution in [2.75, 3.05) is 0 Å². The Morgan fingerprint density at radius 1 is 1.00 bits per heavy atom. The molecule has 2 heterocycles. The van der Waals surface area contributed by atoms with Gasteiger partial charge in [-0.3, -0.25) is 19.1 Å². The number of nitrogens with one attached hydrogen (secondary N) is 2. The van der Waals surface area contributed by atoms with Gasteiger partial charge in [0.25, 0.3) is 5.56 Å². The van der Waals surface area contributed by atoms with Crippen LogP contribution in [0.25, 0.3) is 0 Å². The van der Waals surface area contributed by atoms with Crippen LogP contribution < -0.4 is 22.3 Å². The number of aromatic amines is 1. The fourth-order valence-electron chi connectivity index (χ4n) is 4.70. The lowest BCUT2D eigenvalue weighted by molar-refractivity contribution is -0.149. The molecular formula is C26H44N4O8. The van der Waals surface area contributed by atoms with Crippen molar-refractivity contribution in [1.29, 1.82) is 0 Å².